The summed E-state index contributed by atoms with van der Waals surface area (Å²) in [4.78, 5) is 4.41. The number of fused-ring (bicyclic) bond motifs is 1. The molecule has 2 heterocycles. The lowest BCUT2D eigenvalue weighted by Gasteiger charge is -2.17. The summed E-state index contributed by atoms with van der Waals surface area (Å²) in [5.74, 6) is 5.32. The van der Waals surface area contributed by atoms with Crippen molar-refractivity contribution in [3.8, 4) is 0 Å². The fourth-order valence-corrected chi connectivity index (χ4v) is 3.27. The third-order valence-corrected chi connectivity index (χ3v) is 4.57. The third kappa shape index (κ3) is 3.06. The molecule has 1 unspecified atom stereocenters. The normalized spacial score (nSPS) is 12.7. The van der Waals surface area contributed by atoms with Gasteiger partial charge in [-0.05, 0) is 47.2 Å². The van der Waals surface area contributed by atoms with Crippen LogP contribution in [0.25, 0.3) is 10.2 Å². The maximum absolute atomic E-state index is 13.1. The first-order valence-corrected chi connectivity index (χ1v) is 7.66. The van der Waals surface area contributed by atoms with Crippen molar-refractivity contribution < 1.29 is 4.39 Å². The third-order valence-electron chi connectivity index (χ3n) is 3.37. The Hall–Kier alpha value is -1.53. The Bertz CT molecular complexity index is 774. The number of nitrogens with two attached hydrogens (primary N) is 1. The van der Waals surface area contributed by atoms with Crippen molar-refractivity contribution >= 4 is 33.2 Å². The Morgan fingerprint density at radius 3 is 2.95 bits per heavy atom. The van der Waals surface area contributed by atoms with Gasteiger partial charge in [0.15, 0.2) is 0 Å². The lowest BCUT2D eigenvalue weighted by molar-refractivity contribution is 0.550. The number of nitrogens with one attached hydrogen (secondary N) is 1. The van der Waals surface area contributed by atoms with E-state index in [1.54, 1.807) is 23.6 Å². The number of hydrogen-bond donors (Lipinski definition) is 2. The molecule has 0 aliphatic heterocycles. The molecule has 3 nitrogen and oxygen atoms in total. The lowest BCUT2D eigenvalue weighted by atomic mass is 10.0. The van der Waals surface area contributed by atoms with Gasteiger partial charge in [0, 0.05) is 11.2 Å². The Morgan fingerprint density at radius 2 is 2.19 bits per heavy atom. The van der Waals surface area contributed by atoms with Crippen LogP contribution in [0.4, 0.5) is 4.39 Å². The molecule has 0 amide bonds. The number of thiophene rings is 1. The van der Waals surface area contributed by atoms with E-state index in [-0.39, 0.29) is 11.9 Å². The van der Waals surface area contributed by atoms with Gasteiger partial charge in [-0.2, -0.15) is 0 Å². The highest BCUT2D eigenvalue weighted by Crippen LogP contribution is 2.27. The molecule has 2 aromatic heterocycles. The van der Waals surface area contributed by atoms with Crippen molar-refractivity contribution in [1.82, 2.24) is 10.4 Å². The van der Waals surface area contributed by atoms with Gasteiger partial charge >= 0.3 is 0 Å². The molecule has 3 N–H and O–H groups in total. The van der Waals surface area contributed by atoms with E-state index in [1.165, 1.54) is 12.1 Å². The summed E-state index contributed by atoms with van der Waals surface area (Å²) in [6.07, 6.45) is 2.37. The number of pyridine rings is 1. The molecule has 3 aromatic rings. The Balaban J connectivity index is 1.90. The molecule has 108 valence electrons. The molecule has 21 heavy (non-hydrogen) atoms. The fourth-order valence-electron chi connectivity index (χ4n) is 2.23. The predicted octanol–water partition coefficient (Wildman–Crippen LogP) is 3.84. The van der Waals surface area contributed by atoms with Gasteiger partial charge < -0.3 is 0 Å². The van der Waals surface area contributed by atoms with Crippen molar-refractivity contribution in [2.45, 2.75) is 12.5 Å². The maximum Gasteiger partial charge on any atom is 0.124 e. The van der Waals surface area contributed by atoms with Crippen LogP contribution in [-0.4, -0.2) is 4.98 Å². The largest absolute Gasteiger partial charge is 0.271 e. The van der Waals surface area contributed by atoms with Gasteiger partial charge in [-0.1, -0.05) is 17.7 Å². The summed E-state index contributed by atoms with van der Waals surface area (Å²) in [6.45, 7) is 0. The highest BCUT2D eigenvalue weighted by Gasteiger charge is 2.14. The Labute approximate surface area is 130 Å². The smallest absolute Gasteiger partial charge is 0.124 e. The van der Waals surface area contributed by atoms with Crippen molar-refractivity contribution in [1.29, 1.82) is 0 Å². The van der Waals surface area contributed by atoms with E-state index in [4.69, 9.17) is 17.4 Å². The maximum atomic E-state index is 13.1. The molecule has 0 aliphatic carbocycles. The van der Waals surface area contributed by atoms with Crippen LogP contribution < -0.4 is 11.3 Å². The number of nitrogens with zero attached hydrogens (tertiary/aromatic N) is 1. The highest BCUT2D eigenvalue weighted by atomic mass is 35.5. The summed E-state index contributed by atoms with van der Waals surface area (Å²) in [7, 11) is 0. The fraction of sp³-hybridized carbons (Fsp3) is 0.133. The highest BCUT2D eigenvalue weighted by molar-refractivity contribution is 7.17. The Kier molecular flexibility index (Phi) is 4.17. The van der Waals surface area contributed by atoms with E-state index in [2.05, 4.69) is 16.5 Å². The molecule has 0 bridgehead atoms. The second kappa shape index (κ2) is 6.07. The molecule has 1 atom stereocenters. The minimum Gasteiger partial charge on any atom is -0.271 e. The Morgan fingerprint density at radius 1 is 1.33 bits per heavy atom. The predicted molar refractivity (Wildman–Crippen MR) is 84.8 cm³/mol. The minimum atomic E-state index is -0.345. The van der Waals surface area contributed by atoms with Crippen LogP contribution in [0, 0.1) is 5.82 Å². The van der Waals surface area contributed by atoms with Gasteiger partial charge in [-0.3, -0.25) is 16.3 Å². The number of halogens is 2. The van der Waals surface area contributed by atoms with E-state index in [0.717, 1.165) is 21.3 Å². The molecule has 0 saturated carbocycles. The number of hydrazine groups is 1. The summed E-state index contributed by atoms with van der Waals surface area (Å²) in [5.41, 5.74) is 5.57. The first-order valence-electron chi connectivity index (χ1n) is 6.40. The zero-order valence-corrected chi connectivity index (χ0v) is 12.6. The molecule has 0 aliphatic rings. The van der Waals surface area contributed by atoms with Crippen molar-refractivity contribution in [2.75, 3.05) is 0 Å². The second-order valence-electron chi connectivity index (χ2n) is 4.73. The SMILES string of the molecule is NNC(Cc1ccc(F)cc1Cl)c1cnc2ccsc2c1. The van der Waals surface area contributed by atoms with Crippen molar-refractivity contribution in [2.24, 2.45) is 5.84 Å². The monoisotopic (exact) mass is 321 g/mol. The first-order chi connectivity index (χ1) is 10.2. The van der Waals surface area contributed by atoms with Crippen LogP contribution >= 0.6 is 22.9 Å². The quantitative estimate of drug-likeness (QED) is 0.567. The molecule has 6 heteroatoms. The van der Waals surface area contributed by atoms with Crippen LogP contribution in [0.15, 0.2) is 41.9 Å². The van der Waals surface area contributed by atoms with Crippen LogP contribution in [0.3, 0.4) is 0 Å². The van der Waals surface area contributed by atoms with Crippen LogP contribution in [-0.2, 0) is 6.42 Å². The van der Waals surface area contributed by atoms with Gasteiger partial charge in [0.05, 0.1) is 16.3 Å². The topological polar surface area (TPSA) is 50.9 Å². The van der Waals surface area contributed by atoms with E-state index >= 15 is 0 Å². The van der Waals surface area contributed by atoms with Gasteiger partial charge in [0.1, 0.15) is 5.82 Å². The zero-order valence-electron chi connectivity index (χ0n) is 11.0. The molecular formula is C15H13ClFN3S. The lowest BCUT2D eigenvalue weighted by Crippen LogP contribution is -2.29. The number of hydrogen-bond acceptors (Lipinski definition) is 4. The molecule has 0 spiro atoms. The van der Waals surface area contributed by atoms with Crippen molar-refractivity contribution in [3.05, 3.63) is 63.9 Å². The number of rotatable bonds is 4. The summed E-state index contributed by atoms with van der Waals surface area (Å²) < 4.78 is 14.2. The summed E-state index contributed by atoms with van der Waals surface area (Å²) in [6, 6.07) is 8.30. The average molecular weight is 322 g/mol. The van der Waals surface area contributed by atoms with E-state index in [9.17, 15) is 4.39 Å². The number of aromatic nitrogens is 1. The molecular weight excluding hydrogens is 309 g/mol. The minimum absolute atomic E-state index is 0.132. The first kappa shape index (κ1) is 14.4. The molecule has 1 aromatic carbocycles. The summed E-state index contributed by atoms with van der Waals surface area (Å²) in [5, 5.41) is 2.41. The van der Waals surface area contributed by atoms with Crippen LogP contribution in [0.5, 0.6) is 0 Å². The molecule has 0 radical (unpaired) electrons. The van der Waals surface area contributed by atoms with Gasteiger partial charge in [0.25, 0.3) is 0 Å². The van der Waals surface area contributed by atoms with Gasteiger partial charge in [0.2, 0.25) is 0 Å². The van der Waals surface area contributed by atoms with E-state index in [1.807, 2.05) is 11.4 Å². The van der Waals surface area contributed by atoms with Crippen molar-refractivity contribution in [3.63, 3.8) is 0 Å². The van der Waals surface area contributed by atoms with Gasteiger partial charge in [-0.15, -0.1) is 11.3 Å². The zero-order chi connectivity index (χ0) is 14.8. The van der Waals surface area contributed by atoms with Gasteiger partial charge in [-0.25, -0.2) is 4.39 Å². The summed E-state index contributed by atoms with van der Waals surface area (Å²) >= 11 is 7.71. The van der Waals surface area contributed by atoms with E-state index in [0.29, 0.717) is 11.4 Å². The van der Waals surface area contributed by atoms with E-state index < -0.39 is 0 Å². The average Bonchev–Trinajstić information content (AvgIpc) is 2.94. The second-order valence-corrected chi connectivity index (χ2v) is 6.09. The van der Waals surface area contributed by atoms with Crippen LogP contribution in [0.1, 0.15) is 17.2 Å². The molecule has 3 rings (SSSR count). The molecule has 0 fully saturated rings. The molecule has 0 saturated heterocycles. The van der Waals surface area contributed by atoms with Crippen LogP contribution in [0.2, 0.25) is 5.02 Å². The number of benzene rings is 1. The standard InChI is InChI=1S/C15H13ClFN3S/c16-12-7-11(17)2-1-9(12)5-14(20-18)10-6-15-13(19-8-10)3-4-21-15/h1-4,6-8,14,20H,5,18H2.